The third-order valence-electron chi connectivity index (χ3n) is 4.17. The number of aromatic nitrogens is 2. The summed E-state index contributed by atoms with van der Waals surface area (Å²) in [5, 5.41) is 3.74. The molecular weight excluding hydrogens is 346 g/mol. The number of hydrogen-bond donors (Lipinski definition) is 1. The summed E-state index contributed by atoms with van der Waals surface area (Å²) >= 11 is 1.40. The highest BCUT2D eigenvalue weighted by Gasteiger charge is 2.11. The number of imidazole rings is 1. The molecule has 3 rings (SSSR count). The monoisotopic (exact) mass is 367 g/mol. The predicted molar refractivity (Wildman–Crippen MR) is 105 cm³/mol. The van der Waals surface area contributed by atoms with E-state index in [4.69, 9.17) is 4.74 Å². The Hall–Kier alpha value is -2.73. The van der Waals surface area contributed by atoms with Crippen molar-refractivity contribution in [1.82, 2.24) is 9.55 Å². The minimum atomic E-state index is -0.0482. The molecule has 0 spiro atoms. The van der Waals surface area contributed by atoms with Gasteiger partial charge < -0.3 is 10.1 Å². The summed E-state index contributed by atoms with van der Waals surface area (Å²) in [5.41, 5.74) is 4.07. The Bertz CT molecular complexity index is 904. The number of nitrogens with one attached hydrogen (secondary N) is 1. The molecule has 1 amide bonds. The van der Waals surface area contributed by atoms with Gasteiger partial charge in [-0.15, -0.1) is 0 Å². The molecule has 0 aliphatic carbocycles. The number of thioether (sulfide) groups is 1. The van der Waals surface area contributed by atoms with Crippen LogP contribution in [0.25, 0.3) is 5.69 Å². The summed E-state index contributed by atoms with van der Waals surface area (Å²) in [5.74, 6) is 1.05. The number of rotatable bonds is 6. The van der Waals surface area contributed by atoms with Crippen LogP contribution in [-0.2, 0) is 4.79 Å². The normalized spacial score (nSPS) is 10.6. The average Bonchev–Trinajstić information content (AvgIpc) is 3.12. The lowest BCUT2D eigenvalue weighted by Crippen LogP contribution is -2.15. The fraction of sp³-hybridized carbons (Fsp3) is 0.200. The molecule has 26 heavy (non-hydrogen) atoms. The van der Waals surface area contributed by atoms with Crippen LogP contribution in [0, 0.1) is 13.8 Å². The van der Waals surface area contributed by atoms with Gasteiger partial charge in [-0.2, -0.15) is 0 Å². The standard InChI is InChI=1S/C20H21N3O2S/c1-14-5-4-6-18(15(14)2)22-19(24)13-26-20-21-11-12-23(20)16-7-9-17(25-3)10-8-16/h4-12H,13H2,1-3H3,(H,22,24). The Morgan fingerprint density at radius 1 is 1.19 bits per heavy atom. The van der Waals surface area contributed by atoms with E-state index in [0.717, 1.165) is 33.4 Å². The van der Waals surface area contributed by atoms with E-state index in [1.165, 1.54) is 11.8 Å². The fourth-order valence-electron chi connectivity index (χ4n) is 2.54. The van der Waals surface area contributed by atoms with Crippen molar-refractivity contribution in [1.29, 1.82) is 0 Å². The molecule has 0 unspecified atom stereocenters. The Morgan fingerprint density at radius 3 is 2.69 bits per heavy atom. The zero-order valence-corrected chi connectivity index (χ0v) is 15.8. The van der Waals surface area contributed by atoms with E-state index in [1.54, 1.807) is 13.3 Å². The summed E-state index contributed by atoms with van der Waals surface area (Å²) in [4.78, 5) is 16.7. The number of carbonyl (C=O) groups excluding carboxylic acids is 1. The summed E-state index contributed by atoms with van der Waals surface area (Å²) in [6.07, 6.45) is 3.61. The average molecular weight is 367 g/mol. The first-order valence-corrected chi connectivity index (χ1v) is 9.23. The van der Waals surface area contributed by atoms with Crippen molar-refractivity contribution < 1.29 is 9.53 Å². The molecule has 0 radical (unpaired) electrons. The number of benzene rings is 2. The Balaban J connectivity index is 1.66. The second-order valence-corrected chi connectivity index (χ2v) is 6.80. The molecule has 6 heteroatoms. The van der Waals surface area contributed by atoms with Gasteiger partial charge in [0.25, 0.3) is 0 Å². The minimum absolute atomic E-state index is 0.0482. The third-order valence-corrected chi connectivity index (χ3v) is 5.14. The molecule has 5 nitrogen and oxygen atoms in total. The molecule has 0 bridgehead atoms. The maximum atomic E-state index is 12.3. The first-order valence-electron chi connectivity index (χ1n) is 8.25. The Morgan fingerprint density at radius 2 is 1.96 bits per heavy atom. The van der Waals surface area contributed by atoms with E-state index in [1.807, 2.05) is 67.1 Å². The number of nitrogens with zero attached hydrogens (tertiary/aromatic N) is 2. The van der Waals surface area contributed by atoms with E-state index in [0.29, 0.717) is 5.75 Å². The first kappa shape index (κ1) is 18.1. The van der Waals surface area contributed by atoms with E-state index in [-0.39, 0.29) is 5.91 Å². The highest BCUT2D eigenvalue weighted by molar-refractivity contribution is 7.99. The molecule has 1 N–H and O–H groups in total. The fourth-order valence-corrected chi connectivity index (χ4v) is 3.31. The number of methoxy groups -OCH3 is 1. The molecule has 1 aromatic heterocycles. The van der Waals surface area contributed by atoms with E-state index in [9.17, 15) is 4.79 Å². The van der Waals surface area contributed by atoms with Gasteiger partial charge in [-0.05, 0) is 55.3 Å². The summed E-state index contributed by atoms with van der Waals surface area (Å²) in [6, 6.07) is 13.6. The van der Waals surface area contributed by atoms with Crippen molar-refractivity contribution in [3.8, 4) is 11.4 Å². The molecule has 134 valence electrons. The molecule has 3 aromatic rings. The highest BCUT2D eigenvalue weighted by atomic mass is 32.2. The second-order valence-electron chi connectivity index (χ2n) is 5.86. The topological polar surface area (TPSA) is 56.2 Å². The van der Waals surface area contributed by atoms with E-state index >= 15 is 0 Å². The van der Waals surface area contributed by atoms with E-state index < -0.39 is 0 Å². The van der Waals surface area contributed by atoms with Crippen molar-refractivity contribution >= 4 is 23.4 Å². The van der Waals surface area contributed by atoms with Crippen LogP contribution in [0.2, 0.25) is 0 Å². The van der Waals surface area contributed by atoms with Crippen LogP contribution in [-0.4, -0.2) is 28.3 Å². The number of aryl methyl sites for hydroxylation is 1. The highest BCUT2D eigenvalue weighted by Crippen LogP contribution is 2.23. The van der Waals surface area contributed by atoms with Gasteiger partial charge in [-0.1, -0.05) is 23.9 Å². The zero-order chi connectivity index (χ0) is 18.5. The van der Waals surface area contributed by atoms with Crippen LogP contribution in [0.5, 0.6) is 5.75 Å². The molecule has 0 aliphatic heterocycles. The van der Waals surface area contributed by atoms with Crippen molar-refractivity contribution in [2.45, 2.75) is 19.0 Å². The van der Waals surface area contributed by atoms with Gasteiger partial charge in [-0.3, -0.25) is 9.36 Å². The minimum Gasteiger partial charge on any atom is -0.497 e. The van der Waals surface area contributed by atoms with Crippen molar-refractivity contribution in [2.75, 3.05) is 18.2 Å². The zero-order valence-electron chi connectivity index (χ0n) is 15.0. The van der Waals surface area contributed by atoms with Gasteiger partial charge in [0.05, 0.1) is 12.9 Å². The molecule has 0 aliphatic rings. The van der Waals surface area contributed by atoms with E-state index in [2.05, 4.69) is 10.3 Å². The first-order chi connectivity index (χ1) is 12.6. The van der Waals surface area contributed by atoms with Crippen LogP contribution < -0.4 is 10.1 Å². The van der Waals surface area contributed by atoms with Gasteiger partial charge in [0.15, 0.2) is 5.16 Å². The molecule has 2 aromatic carbocycles. The predicted octanol–water partition coefficient (Wildman–Crippen LogP) is 4.23. The van der Waals surface area contributed by atoms with Gasteiger partial charge in [0, 0.05) is 23.8 Å². The number of hydrogen-bond acceptors (Lipinski definition) is 4. The number of carbonyl (C=O) groups is 1. The quantitative estimate of drug-likeness (QED) is 0.663. The second kappa shape index (κ2) is 8.10. The molecular formula is C20H21N3O2S. The van der Waals surface area contributed by atoms with Crippen LogP contribution in [0.1, 0.15) is 11.1 Å². The maximum Gasteiger partial charge on any atom is 0.234 e. The largest absolute Gasteiger partial charge is 0.497 e. The van der Waals surface area contributed by atoms with Gasteiger partial charge in [0.1, 0.15) is 5.75 Å². The molecule has 1 heterocycles. The van der Waals surface area contributed by atoms with Crippen LogP contribution in [0.15, 0.2) is 60.0 Å². The SMILES string of the molecule is COc1ccc(-n2ccnc2SCC(=O)Nc2cccc(C)c2C)cc1. The van der Waals surface area contributed by atoms with Gasteiger partial charge in [0.2, 0.25) is 5.91 Å². The van der Waals surface area contributed by atoms with Gasteiger partial charge >= 0.3 is 0 Å². The Kier molecular flexibility index (Phi) is 5.63. The lowest BCUT2D eigenvalue weighted by atomic mass is 10.1. The van der Waals surface area contributed by atoms with Crippen LogP contribution in [0.3, 0.4) is 0 Å². The summed E-state index contributed by atoms with van der Waals surface area (Å²) in [7, 11) is 1.64. The smallest absolute Gasteiger partial charge is 0.234 e. The number of amides is 1. The van der Waals surface area contributed by atoms with Crippen molar-refractivity contribution in [3.63, 3.8) is 0 Å². The molecule has 0 saturated carbocycles. The van der Waals surface area contributed by atoms with Crippen molar-refractivity contribution in [2.24, 2.45) is 0 Å². The van der Waals surface area contributed by atoms with Crippen LogP contribution in [0.4, 0.5) is 5.69 Å². The lowest BCUT2D eigenvalue weighted by Gasteiger charge is -2.11. The Labute approximate surface area is 157 Å². The molecule has 0 saturated heterocycles. The summed E-state index contributed by atoms with van der Waals surface area (Å²) < 4.78 is 7.14. The number of ether oxygens (including phenoxy) is 1. The lowest BCUT2D eigenvalue weighted by molar-refractivity contribution is -0.113. The molecule has 0 fully saturated rings. The third kappa shape index (κ3) is 4.08. The van der Waals surface area contributed by atoms with Gasteiger partial charge in [-0.25, -0.2) is 4.98 Å². The van der Waals surface area contributed by atoms with Crippen LogP contribution >= 0.6 is 11.8 Å². The molecule has 0 atom stereocenters. The maximum absolute atomic E-state index is 12.3. The number of anilines is 1. The van der Waals surface area contributed by atoms with Crippen molar-refractivity contribution in [3.05, 3.63) is 66.0 Å². The summed E-state index contributed by atoms with van der Waals surface area (Å²) in [6.45, 7) is 4.04.